The van der Waals surface area contributed by atoms with Crippen LogP contribution in [0.2, 0.25) is 0 Å². The van der Waals surface area contributed by atoms with E-state index < -0.39 is 69.3 Å². The Hall–Kier alpha value is -5.66. The lowest BCUT2D eigenvalue weighted by atomic mass is 9.72. The van der Waals surface area contributed by atoms with Gasteiger partial charge in [0.15, 0.2) is 5.78 Å². The van der Waals surface area contributed by atoms with Gasteiger partial charge in [-0.25, -0.2) is 9.59 Å². The SMILES string of the molecule is CNc1cc(C(c2ccc(C)c(NC(=O)c3cc(-c4ccc(C(=O)O)c(C(C)=O)c4)ccc3C(=O)O)c2)(C(F)(F)F)C(F)(F)F)ccc1C. The average Bonchev–Trinajstić information content (AvgIpc) is 3.01. The first kappa shape index (κ1) is 36.2. The first-order chi connectivity index (χ1) is 22.7. The lowest BCUT2D eigenvalue weighted by Gasteiger charge is -2.39. The Morgan fingerprint density at radius 2 is 1.02 bits per heavy atom. The van der Waals surface area contributed by atoms with Crippen LogP contribution < -0.4 is 10.6 Å². The second kappa shape index (κ2) is 13.1. The molecule has 0 unspecified atom stereocenters. The van der Waals surface area contributed by atoms with Gasteiger partial charge in [-0.1, -0.05) is 36.4 Å². The molecule has 0 atom stereocenters. The fourth-order valence-corrected chi connectivity index (χ4v) is 5.59. The highest BCUT2D eigenvalue weighted by atomic mass is 19.4. The number of aromatic carboxylic acids is 2. The molecule has 1 amide bonds. The van der Waals surface area contributed by atoms with E-state index in [2.05, 4.69) is 10.6 Å². The van der Waals surface area contributed by atoms with Gasteiger partial charge in [0.1, 0.15) is 0 Å². The van der Waals surface area contributed by atoms with Gasteiger partial charge < -0.3 is 20.8 Å². The Balaban J connectivity index is 1.88. The molecule has 4 rings (SSSR count). The number of carboxylic acid groups (broad SMARTS) is 2. The van der Waals surface area contributed by atoms with E-state index in [9.17, 15) is 55.7 Å². The molecule has 0 heterocycles. The Morgan fingerprint density at radius 3 is 1.45 bits per heavy atom. The zero-order valence-electron chi connectivity index (χ0n) is 26.2. The molecule has 0 saturated heterocycles. The molecule has 0 spiro atoms. The number of nitrogens with one attached hydrogen (secondary N) is 2. The maximum Gasteiger partial charge on any atom is 0.411 e. The molecule has 4 aromatic carbocycles. The summed E-state index contributed by atoms with van der Waals surface area (Å²) in [5.74, 6) is -4.71. The van der Waals surface area contributed by atoms with Crippen molar-refractivity contribution in [2.24, 2.45) is 0 Å². The van der Waals surface area contributed by atoms with E-state index in [1.807, 2.05) is 0 Å². The van der Waals surface area contributed by atoms with Crippen molar-refractivity contribution < 1.29 is 55.7 Å². The Morgan fingerprint density at radius 1 is 0.592 bits per heavy atom. The number of carbonyl (C=O) groups excluding carboxylic acids is 2. The van der Waals surface area contributed by atoms with Gasteiger partial charge in [-0.3, -0.25) is 9.59 Å². The molecule has 4 aromatic rings. The van der Waals surface area contributed by atoms with Crippen molar-refractivity contribution in [1.82, 2.24) is 0 Å². The van der Waals surface area contributed by atoms with E-state index in [0.717, 1.165) is 49.4 Å². The van der Waals surface area contributed by atoms with Crippen LogP contribution in [-0.2, 0) is 5.41 Å². The molecule has 49 heavy (non-hydrogen) atoms. The molecule has 0 aliphatic carbocycles. The van der Waals surface area contributed by atoms with Gasteiger partial charge in [-0.2, -0.15) is 26.3 Å². The second-order valence-corrected chi connectivity index (χ2v) is 11.2. The van der Waals surface area contributed by atoms with Crippen LogP contribution in [0.25, 0.3) is 11.1 Å². The molecule has 0 aromatic heterocycles. The zero-order valence-corrected chi connectivity index (χ0v) is 26.2. The number of aryl methyl sites for hydroxylation is 2. The number of carbonyl (C=O) groups is 4. The minimum Gasteiger partial charge on any atom is -0.478 e. The van der Waals surface area contributed by atoms with E-state index >= 15 is 0 Å². The molecule has 256 valence electrons. The van der Waals surface area contributed by atoms with Crippen LogP contribution >= 0.6 is 0 Å². The Bertz CT molecular complexity index is 1990. The molecule has 0 aliphatic rings. The topological polar surface area (TPSA) is 133 Å². The van der Waals surface area contributed by atoms with Gasteiger partial charge in [-0.05, 0) is 90.6 Å². The Labute approximate surface area is 275 Å². The van der Waals surface area contributed by atoms with E-state index in [1.54, 1.807) is 0 Å². The number of hydrogen-bond acceptors (Lipinski definition) is 5. The van der Waals surface area contributed by atoms with Crippen molar-refractivity contribution in [3.05, 3.63) is 117 Å². The number of ketones is 1. The lowest BCUT2D eigenvalue weighted by molar-refractivity contribution is -0.288. The smallest absolute Gasteiger partial charge is 0.411 e. The highest BCUT2D eigenvalue weighted by molar-refractivity contribution is 6.12. The third-order valence-corrected chi connectivity index (χ3v) is 8.17. The minimum atomic E-state index is -5.91. The van der Waals surface area contributed by atoms with Gasteiger partial charge in [-0.15, -0.1) is 0 Å². The first-order valence-electron chi connectivity index (χ1n) is 14.3. The number of amides is 1. The Kier molecular flexibility index (Phi) is 9.67. The molecule has 0 fully saturated rings. The molecule has 8 nitrogen and oxygen atoms in total. The number of Topliss-reactive ketones (excluding diaryl/α,β-unsaturated/α-hetero) is 1. The lowest BCUT2D eigenvalue weighted by Crippen LogP contribution is -2.54. The van der Waals surface area contributed by atoms with Gasteiger partial charge in [0, 0.05) is 24.0 Å². The number of hydrogen-bond donors (Lipinski definition) is 4. The molecule has 14 heteroatoms. The monoisotopic (exact) mass is 686 g/mol. The van der Waals surface area contributed by atoms with Gasteiger partial charge in [0.25, 0.3) is 5.91 Å². The van der Waals surface area contributed by atoms with E-state index in [0.29, 0.717) is 17.7 Å². The number of halogens is 6. The van der Waals surface area contributed by atoms with Crippen molar-refractivity contribution >= 4 is 35.0 Å². The quantitative estimate of drug-likeness (QED) is 0.103. The summed E-state index contributed by atoms with van der Waals surface area (Å²) in [5, 5.41) is 24.1. The summed E-state index contributed by atoms with van der Waals surface area (Å²) in [4.78, 5) is 49.3. The summed E-state index contributed by atoms with van der Waals surface area (Å²) in [6, 6.07) is 12.0. The van der Waals surface area contributed by atoms with E-state index in [1.165, 1.54) is 39.1 Å². The molecule has 0 saturated carbocycles. The van der Waals surface area contributed by atoms with Gasteiger partial charge in [0.05, 0.1) is 16.7 Å². The largest absolute Gasteiger partial charge is 0.478 e. The second-order valence-electron chi connectivity index (χ2n) is 11.2. The highest BCUT2D eigenvalue weighted by Gasteiger charge is 2.72. The van der Waals surface area contributed by atoms with Crippen molar-refractivity contribution in [3.63, 3.8) is 0 Å². The predicted octanol–water partition coefficient (Wildman–Crippen LogP) is 8.27. The minimum absolute atomic E-state index is 0.0325. The summed E-state index contributed by atoms with van der Waals surface area (Å²) in [5.41, 5.74) is -8.01. The standard InChI is InChI=1S/C35H28F6N2O6/c1-17-5-9-22(15-28(17)42-4)33(34(36,37)38,35(39,40)41)23-10-6-18(2)29(16-23)43-30(45)27-14-21(8-12-25(27)32(48)49)20-7-11-24(31(46)47)26(13-20)19(3)44/h5-16,42H,1-4H3,(H,43,45)(H,46,47)(H,48,49). The molecular formula is C35H28F6N2O6. The average molecular weight is 687 g/mol. The predicted molar refractivity (Wildman–Crippen MR) is 169 cm³/mol. The molecule has 4 N–H and O–H groups in total. The van der Waals surface area contributed by atoms with Crippen LogP contribution in [0.4, 0.5) is 37.7 Å². The zero-order chi connectivity index (χ0) is 36.6. The van der Waals surface area contributed by atoms with Crippen molar-refractivity contribution in [1.29, 1.82) is 0 Å². The third-order valence-electron chi connectivity index (χ3n) is 8.17. The van der Waals surface area contributed by atoms with E-state index in [-0.39, 0.29) is 33.5 Å². The van der Waals surface area contributed by atoms with E-state index in [4.69, 9.17) is 0 Å². The van der Waals surface area contributed by atoms with Crippen LogP contribution in [0.5, 0.6) is 0 Å². The third kappa shape index (κ3) is 6.58. The number of anilines is 2. The van der Waals surface area contributed by atoms with Crippen molar-refractivity contribution in [2.75, 3.05) is 17.7 Å². The van der Waals surface area contributed by atoms with Crippen LogP contribution in [0.15, 0.2) is 72.8 Å². The molecule has 0 radical (unpaired) electrons. The van der Waals surface area contributed by atoms with Crippen LogP contribution in [0, 0.1) is 13.8 Å². The maximum atomic E-state index is 14.9. The number of carboxylic acids is 2. The summed E-state index contributed by atoms with van der Waals surface area (Å²) < 4.78 is 89.3. The van der Waals surface area contributed by atoms with Gasteiger partial charge in [0.2, 0.25) is 5.41 Å². The fraction of sp³-hybridized carbons (Fsp3) is 0.200. The maximum absolute atomic E-state index is 14.9. The van der Waals surface area contributed by atoms with Crippen molar-refractivity contribution in [3.8, 4) is 11.1 Å². The molecule has 0 aliphatic heterocycles. The summed E-state index contributed by atoms with van der Waals surface area (Å²) >= 11 is 0. The number of benzene rings is 4. The van der Waals surface area contributed by atoms with Crippen molar-refractivity contribution in [2.45, 2.75) is 38.5 Å². The van der Waals surface area contributed by atoms with Crippen LogP contribution in [0.1, 0.15) is 70.6 Å². The van der Waals surface area contributed by atoms with Gasteiger partial charge >= 0.3 is 24.3 Å². The summed E-state index contributed by atoms with van der Waals surface area (Å²) in [6.45, 7) is 3.97. The number of alkyl halides is 6. The highest BCUT2D eigenvalue weighted by Crippen LogP contribution is 2.57. The molecule has 0 bridgehead atoms. The number of rotatable bonds is 9. The summed E-state index contributed by atoms with van der Waals surface area (Å²) in [6.07, 6.45) is -11.8. The fourth-order valence-electron chi connectivity index (χ4n) is 5.59. The summed E-state index contributed by atoms with van der Waals surface area (Å²) in [7, 11) is 1.35. The van der Waals surface area contributed by atoms with Crippen LogP contribution in [0.3, 0.4) is 0 Å². The molecular weight excluding hydrogens is 658 g/mol. The van der Waals surface area contributed by atoms with Crippen LogP contribution in [-0.4, -0.2) is 53.2 Å². The normalized spacial score (nSPS) is 12.0. The first-order valence-corrected chi connectivity index (χ1v) is 14.3.